The van der Waals surface area contributed by atoms with E-state index in [0.29, 0.717) is 5.82 Å². The maximum atomic E-state index is 13.4. The summed E-state index contributed by atoms with van der Waals surface area (Å²) in [6.45, 7) is 1.43. The van der Waals surface area contributed by atoms with Gasteiger partial charge in [0.15, 0.2) is 5.82 Å². The summed E-state index contributed by atoms with van der Waals surface area (Å²) in [5, 5.41) is 3.53. The largest absolute Gasteiger partial charge is 0.389 e. The van der Waals surface area contributed by atoms with Crippen LogP contribution in [0.1, 0.15) is 17.3 Å². The average Bonchev–Trinajstić information content (AvgIpc) is 2.82. The zero-order valence-corrected chi connectivity index (χ0v) is 12.5. The number of thiocarbonyl (C=S) groups is 1. The normalized spacial score (nSPS) is 11.5. The van der Waals surface area contributed by atoms with E-state index < -0.39 is 15.8 Å². The summed E-state index contributed by atoms with van der Waals surface area (Å²) >= 11 is 4.67. The van der Waals surface area contributed by atoms with E-state index in [0.717, 1.165) is 18.2 Å². The number of aryl methyl sites for hydroxylation is 1. The number of hydrogen-bond acceptors (Lipinski definition) is 6. The summed E-state index contributed by atoms with van der Waals surface area (Å²) in [7, 11) is -3.88. The molecule has 0 aliphatic rings. The van der Waals surface area contributed by atoms with E-state index in [4.69, 9.17) is 10.3 Å². The van der Waals surface area contributed by atoms with Crippen molar-refractivity contribution in [2.45, 2.75) is 18.4 Å². The highest BCUT2D eigenvalue weighted by Crippen LogP contribution is 2.15. The molecule has 1 aromatic heterocycles. The lowest BCUT2D eigenvalue weighted by Crippen LogP contribution is -2.24. The van der Waals surface area contributed by atoms with Gasteiger partial charge in [-0.3, -0.25) is 0 Å². The molecule has 0 radical (unpaired) electrons. The van der Waals surface area contributed by atoms with Gasteiger partial charge in [0.1, 0.15) is 10.8 Å². The Morgan fingerprint density at radius 3 is 2.81 bits per heavy atom. The first kappa shape index (κ1) is 15.5. The standard InChI is InChI=1S/C11H11FN4O3S2/c1-6-15-10(19-16-6)5-14-21(17,18)7-2-3-9(12)8(4-7)11(13)20/h2-4,14H,5H2,1H3,(H2,13,20). The quantitative estimate of drug-likeness (QED) is 0.773. The van der Waals surface area contributed by atoms with Crippen LogP contribution < -0.4 is 10.5 Å². The first-order valence-electron chi connectivity index (χ1n) is 5.68. The maximum Gasteiger partial charge on any atom is 0.241 e. The van der Waals surface area contributed by atoms with E-state index in [1.165, 1.54) is 0 Å². The van der Waals surface area contributed by atoms with E-state index in [1.54, 1.807) is 6.92 Å². The van der Waals surface area contributed by atoms with Crippen LogP contribution in [0.15, 0.2) is 27.6 Å². The molecule has 0 fully saturated rings. The molecule has 0 unspecified atom stereocenters. The third-order valence-electron chi connectivity index (χ3n) is 2.50. The second kappa shape index (κ2) is 5.84. The molecule has 10 heteroatoms. The van der Waals surface area contributed by atoms with Gasteiger partial charge >= 0.3 is 0 Å². The maximum absolute atomic E-state index is 13.4. The second-order valence-electron chi connectivity index (χ2n) is 4.07. The highest BCUT2D eigenvalue weighted by atomic mass is 32.2. The molecule has 0 spiro atoms. The summed E-state index contributed by atoms with van der Waals surface area (Å²) < 4.78 is 44.7. The smallest absolute Gasteiger partial charge is 0.241 e. The molecule has 0 amide bonds. The average molecular weight is 330 g/mol. The van der Waals surface area contributed by atoms with Gasteiger partial charge in [-0.1, -0.05) is 17.4 Å². The van der Waals surface area contributed by atoms with Crippen LogP contribution in [-0.4, -0.2) is 23.5 Å². The minimum Gasteiger partial charge on any atom is -0.389 e. The molecule has 7 nitrogen and oxygen atoms in total. The Labute approximate surface area is 125 Å². The number of nitrogens with one attached hydrogen (secondary N) is 1. The number of sulfonamides is 1. The molecule has 112 valence electrons. The summed E-state index contributed by atoms with van der Waals surface area (Å²) in [4.78, 5) is 3.47. The SMILES string of the molecule is Cc1noc(CNS(=O)(=O)c2ccc(F)c(C(N)=S)c2)n1. The van der Waals surface area contributed by atoms with E-state index in [1.807, 2.05) is 0 Å². The number of nitrogens with zero attached hydrogens (tertiary/aromatic N) is 2. The lowest BCUT2D eigenvalue weighted by atomic mass is 10.2. The van der Waals surface area contributed by atoms with Crippen molar-refractivity contribution < 1.29 is 17.3 Å². The van der Waals surface area contributed by atoms with Crippen LogP contribution in [0, 0.1) is 12.7 Å². The molecule has 0 atom stereocenters. The molecule has 0 saturated heterocycles. The Morgan fingerprint density at radius 1 is 1.52 bits per heavy atom. The van der Waals surface area contributed by atoms with Crippen molar-refractivity contribution in [1.29, 1.82) is 0 Å². The number of aromatic nitrogens is 2. The van der Waals surface area contributed by atoms with Crippen molar-refractivity contribution in [3.63, 3.8) is 0 Å². The van der Waals surface area contributed by atoms with Crippen LogP contribution in [0.4, 0.5) is 4.39 Å². The number of nitrogens with two attached hydrogens (primary N) is 1. The Hall–Kier alpha value is -1.91. The fourth-order valence-corrected chi connectivity index (χ4v) is 2.67. The van der Waals surface area contributed by atoms with Crippen molar-refractivity contribution >= 4 is 27.2 Å². The molecule has 0 saturated carbocycles. The predicted molar refractivity (Wildman–Crippen MR) is 75.3 cm³/mol. The van der Waals surface area contributed by atoms with Gasteiger partial charge in [0.2, 0.25) is 15.9 Å². The highest BCUT2D eigenvalue weighted by Gasteiger charge is 2.18. The predicted octanol–water partition coefficient (Wildman–Crippen LogP) is 0.630. The molecule has 1 heterocycles. The number of hydrogen-bond donors (Lipinski definition) is 2. The highest BCUT2D eigenvalue weighted by molar-refractivity contribution is 7.89. The molecule has 0 aliphatic heterocycles. The molecule has 2 rings (SSSR count). The molecular formula is C11H11FN4O3S2. The summed E-state index contributed by atoms with van der Waals surface area (Å²) in [6, 6.07) is 3.16. The van der Waals surface area contributed by atoms with Gasteiger partial charge in [0.05, 0.1) is 11.4 Å². The number of halogens is 1. The molecule has 1 aromatic carbocycles. The molecule has 21 heavy (non-hydrogen) atoms. The minimum atomic E-state index is -3.88. The molecular weight excluding hydrogens is 319 g/mol. The van der Waals surface area contributed by atoms with Crippen LogP contribution in [-0.2, 0) is 16.6 Å². The van der Waals surface area contributed by atoms with Crippen molar-refractivity contribution in [1.82, 2.24) is 14.9 Å². The Morgan fingerprint density at radius 2 is 2.24 bits per heavy atom. The Balaban J connectivity index is 2.23. The lowest BCUT2D eigenvalue weighted by molar-refractivity contribution is 0.372. The van der Waals surface area contributed by atoms with Crippen LogP contribution in [0.3, 0.4) is 0 Å². The van der Waals surface area contributed by atoms with Crippen molar-refractivity contribution in [3.05, 3.63) is 41.3 Å². The third kappa shape index (κ3) is 3.60. The zero-order chi connectivity index (χ0) is 15.6. The van der Waals surface area contributed by atoms with Crippen LogP contribution in [0.25, 0.3) is 0 Å². The van der Waals surface area contributed by atoms with Crippen molar-refractivity contribution in [2.24, 2.45) is 5.73 Å². The molecule has 2 aromatic rings. The van der Waals surface area contributed by atoms with Crippen LogP contribution in [0.5, 0.6) is 0 Å². The molecule has 0 aliphatic carbocycles. The Kier molecular flexibility index (Phi) is 4.30. The van der Waals surface area contributed by atoms with E-state index >= 15 is 0 Å². The van der Waals surface area contributed by atoms with E-state index in [2.05, 4.69) is 27.1 Å². The van der Waals surface area contributed by atoms with Crippen LogP contribution >= 0.6 is 12.2 Å². The Bertz CT molecular complexity index is 789. The second-order valence-corrected chi connectivity index (χ2v) is 6.27. The first-order chi connectivity index (χ1) is 9.79. The van der Waals surface area contributed by atoms with Gasteiger partial charge in [-0.25, -0.2) is 17.5 Å². The minimum absolute atomic E-state index is 0.118. The summed E-state index contributed by atoms with van der Waals surface area (Å²) in [6.07, 6.45) is 0. The van der Waals surface area contributed by atoms with Gasteiger partial charge in [0.25, 0.3) is 0 Å². The van der Waals surface area contributed by atoms with Gasteiger partial charge in [-0.2, -0.15) is 4.98 Å². The number of benzene rings is 1. The zero-order valence-electron chi connectivity index (χ0n) is 10.8. The van der Waals surface area contributed by atoms with Gasteiger partial charge in [-0.15, -0.1) is 0 Å². The molecule has 0 bridgehead atoms. The summed E-state index contributed by atoms with van der Waals surface area (Å²) in [5.74, 6) is -0.177. The van der Waals surface area contributed by atoms with Crippen molar-refractivity contribution in [3.8, 4) is 0 Å². The van der Waals surface area contributed by atoms with Crippen LogP contribution in [0.2, 0.25) is 0 Å². The topological polar surface area (TPSA) is 111 Å². The molecule has 3 N–H and O–H groups in total. The van der Waals surface area contributed by atoms with Gasteiger partial charge < -0.3 is 10.3 Å². The monoisotopic (exact) mass is 330 g/mol. The van der Waals surface area contributed by atoms with E-state index in [9.17, 15) is 12.8 Å². The fraction of sp³-hybridized carbons (Fsp3) is 0.182. The van der Waals surface area contributed by atoms with E-state index in [-0.39, 0.29) is 27.9 Å². The van der Waals surface area contributed by atoms with Gasteiger partial charge in [-0.05, 0) is 25.1 Å². The third-order valence-corrected chi connectivity index (χ3v) is 4.12. The first-order valence-corrected chi connectivity index (χ1v) is 7.57. The fourth-order valence-electron chi connectivity index (χ4n) is 1.51. The van der Waals surface area contributed by atoms with Crippen molar-refractivity contribution in [2.75, 3.05) is 0 Å². The van der Waals surface area contributed by atoms with Gasteiger partial charge in [0, 0.05) is 5.56 Å². The number of rotatable bonds is 5. The summed E-state index contributed by atoms with van der Waals surface area (Å²) in [5.41, 5.74) is 5.20. The lowest BCUT2D eigenvalue weighted by Gasteiger charge is -2.07.